The molecule has 2 N–H and O–H groups in total. The number of rotatable bonds is 6. The lowest BCUT2D eigenvalue weighted by atomic mass is 10.4. The van der Waals surface area contributed by atoms with Crippen LogP contribution >= 0.6 is 15.9 Å². The van der Waals surface area contributed by atoms with Crippen molar-refractivity contribution in [1.82, 2.24) is 15.1 Å². The lowest BCUT2D eigenvalue weighted by molar-refractivity contribution is 0.648. The molecule has 5 nitrogen and oxygen atoms in total. The van der Waals surface area contributed by atoms with Crippen LogP contribution in [0.5, 0.6) is 0 Å². The van der Waals surface area contributed by atoms with Crippen molar-refractivity contribution in [1.29, 1.82) is 0 Å². The maximum Gasteiger partial charge on any atom is 0.283 e. The molecule has 0 unspecified atom stereocenters. The van der Waals surface area contributed by atoms with Crippen molar-refractivity contribution in [2.24, 2.45) is 0 Å². The quantitative estimate of drug-likeness (QED) is 0.601. The van der Waals surface area contributed by atoms with E-state index in [9.17, 15) is 4.79 Å². The third-order valence-electron chi connectivity index (χ3n) is 1.98. The normalized spacial score (nSPS) is 10.1. The number of allylic oxidation sites excluding steroid dienone is 1. The molecule has 0 saturated heterocycles. The zero-order valence-electron chi connectivity index (χ0n) is 9.16. The first-order chi connectivity index (χ1) is 7.70. The number of likely N-dealkylation sites (N-methyl/N-ethyl adjacent to an activating group) is 1. The van der Waals surface area contributed by atoms with Gasteiger partial charge in [0.2, 0.25) is 0 Å². The summed E-state index contributed by atoms with van der Waals surface area (Å²) in [5.74, 6) is 0. The van der Waals surface area contributed by atoms with Gasteiger partial charge in [-0.3, -0.25) is 4.79 Å². The molecular weight excluding hydrogens is 272 g/mol. The van der Waals surface area contributed by atoms with Crippen molar-refractivity contribution in [3.8, 4) is 0 Å². The molecule has 0 radical (unpaired) electrons. The molecule has 0 aliphatic heterocycles. The van der Waals surface area contributed by atoms with Gasteiger partial charge in [-0.1, -0.05) is 6.08 Å². The van der Waals surface area contributed by atoms with Gasteiger partial charge in [0.25, 0.3) is 5.56 Å². The number of nitrogens with zero attached hydrogens (tertiary/aromatic N) is 2. The van der Waals surface area contributed by atoms with Crippen LogP contribution in [0.4, 0.5) is 5.69 Å². The third-order valence-corrected chi connectivity index (χ3v) is 2.74. The Balaban J connectivity index is 2.85. The minimum atomic E-state index is -0.158. The number of anilines is 1. The number of hydrogen-bond donors (Lipinski definition) is 2. The first kappa shape index (κ1) is 12.9. The smallest absolute Gasteiger partial charge is 0.283 e. The van der Waals surface area contributed by atoms with Crippen molar-refractivity contribution >= 4 is 21.6 Å². The molecule has 0 aliphatic rings. The second-order valence-electron chi connectivity index (χ2n) is 3.18. The summed E-state index contributed by atoms with van der Waals surface area (Å²) < 4.78 is 1.85. The van der Waals surface area contributed by atoms with Crippen LogP contribution in [0.25, 0.3) is 0 Å². The summed E-state index contributed by atoms with van der Waals surface area (Å²) in [6, 6.07) is 0. The Hall–Kier alpha value is -1.14. The Kier molecular flexibility index (Phi) is 5.21. The van der Waals surface area contributed by atoms with Gasteiger partial charge in [0.15, 0.2) is 0 Å². The Bertz CT molecular complexity index is 416. The van der Waals surface area contributed by atoms with Crippen molar-refractivity contribution in [2.45, 2.75) is 6.54 Å². The second kappa shape index (κ2) is 6.44. The van der Waals surface area contributed by atoms with E-state index in [-0.39, 0.29) is 5.56 Å². The summed E-state index contributed by atoms with van der Waals surface area (Å²) in [4.78, 5) is 11.8. The van der Waals surface area contributed by atoms with E-state index in [0.29, 0.717) is 16.7 Å². The Morgan fingerprint density at radius 1 is 1.62 bits per heavy atom. The highest BCUT2D eigenvalue weighted by atomic mass is 79.9. The monoisotopic (exact) mass is 286 g/mol. The van der Waals surface area contributed by atoms with E-state index in [0.717, 1.165) is 13.1 Å². The maximum atomic E-state index is 11.8. The van der Waals surface area contributed by atoms with Gasteiger partial charge in [-0.25, -0.2) is 4.68 Å². The predicted molar refractivity (Wildman–Crippen MR) is 68.8 cm³/mol. The first-order valence-electron chi connectivity index (χ1n) is 4.95. The molecule has 16 heavy (non-hydrogen) atoms. The summed E-state index contributed by atoms with van der Waals surface area (Å²) in [6.07, 6.45) is 3.26. The van der Waals surface area contributed by atoms with Gasteiger partial charge in [0.1, 0.15) is 4.47 Å². The van der Waals surface area contributed by atoms with Gasteiger partial charge in [0.05, 0.1) is 18.4 Å². The maximum absolute atomic E-state index is 11.8. The van der Waals surface area contributed by atoms with Gasteiger partial charge in [-0.15, -0.1) is 6.58 Å². The number of halogens is 1. The fourth-order valence-electron chi connectivity index (χ4n) is 1.16. The number of hydrogen-bond acceptors (Lipinski definition) is 4. The molecule has 0 aromatic carbocycles. The summed E-state index contributed by atoms with van der Waals surface area (Å²) >= 11 is 3.26. The Morgan fingerprint density at radius 2 is 2.38 bits per heavy atom. The molecule has 0 fully saturated rings. The van der Waals surface area contributed by atoms with E-state index in [1.807, 2.05) is 7.05 Å². The molecule has 1 aromatic rings. The van der Waals surface area contributed by atoms with Crippen molar-refractivity contribution < 1.29 is 0 Å². The largest absolute Gasteiger partial charge is 0.381 e. The van der Waals surface area contributed by atoms with Crippen LogP contribution in [0, 0.1) is 0 Å². The average Bonchev–Trinajstić information content (AvgIpc) is 2.28. The van der Waals surface area contributed by atoms with Gasteiger partial charge < -0.3 is 10.6 Å². The lowest BCUT2D eigenvalue weighted by Gasteiger charge is -2.09. The van der Waals surface area contributed by atoms with Crippen LogP contribution < -0.4 is 16.2 Å². The molecule has 0 bridgehead atoms. The summed E-state index contributed by atoms with van der Waals surface area (Å²) in [5.41, 5.74) is 0.551. The van der Waals surface area contributed by atoms with Crippen molar-refractivity contribution in [3.63, 3.8) is 0 Å². The van der Waals surface area contributed by atoms with E-state index in [2.05, 4.69) is 38.2 Å². The van der Waals surface area contributed by atoms with Crippen LogP contribution in [-0.4, -0.2) is 29.9 Å². The van der Waals surface area contributed by atoms with Crippen LogP contribution in [-0.2, 0) is 6.54 Å². The van der Waals surface area contributed by atoms with Gasteiger partial charge in [-0.05, 0) is 23.0 Å². The van der Waals surface area contributed by atoms with Gasteiger partial charge in [-0.2, -0.15) is 5.10 Å². The molecular formula is C10H15BrN4O. The first-order valence-corrected chi connectivity index (χ1v) is 5.75. The molecule has 88 valence electrons. The summed E-state index contributed by atoms with van der Waals surface area (Å²) in [5, 5.41) is 10.1. The topological polar surface area (TPSA) is 59.0 Å². The second-order valence-corrected chi connectivity index (χ2v) is 3.97. The molecule has 1 aromatic heterocycles. The van der Waals surface area contributed by atoms with E-state index in [1.165, 1.54) is 4.68 Å². The summed E-state index contributed by atoms with van der Waals surface area (Å²) in [6.45, 7) is 5.54. The number of nitrogens with one attached hydrogen (secondary N) is 2. The van der Waals surface area contributed by atoms with Crippen molar-refractivity contribution in [3.05, 3.63) is 33.7 Å². The molecule has 0 amide bonds. The highest BCUT2D eigenvalue weighted by molar-refractivity contribution is 9.10. The third kappa shape index (κ3) is 3.18. The molecule has 0 atom stereocenters. The standard InChI is InChI=1S/C10H15BrN4O/c1-3-6-15-10(16)9(11)8(7-14-15)13-5-4-12-2/h3,7,12-13H,1,4-6H2,2H3. The van der Waals surface area contributed by atoms with E-state index in [1.54, 1.807) is 12.3 Å². The average molecular weight is 287 g/mol. The highest BCUT2D eigenvalue weighted by Crippen LogP contribution is 2.15. The Morgan fingerprint density at radius 3 is 3.00 bits per heavy atom. The molecule has 1 rings (SSSR count). The SMILES string of the molecule is C=CCn1ncc(NCCNC)c(Br)c1=O. The van der Waals surface area contributed by atoms with Crippen LogP contribution in [0.3, 0.4) is 0 Å². The van der Waals surface area contributed by atoms with Crippen LogP contribution in [0.1, 0.15) is 0 Å². The van der Waals surface area contributed by atoms with E-state index in [4.69, 9.17) is 0 Å². The lowest BCUT2D eigenvalue weighted by Crippen LogP contribution is -2.25. The molecule has 6 heteroatoms. The Labute approximate surface area is 103 Å². The predicted octanol–water partition coefficient (Wildman–Crippen LogP) is 0.823. The zero-order valence-corrected chi connectivity index (χ0v) is 10.7. The fraction of sp³-hybridized carbons (Fsp3) is 0.400. The molecule has 1 heterocycles. The van der Waals surface area contributed by atoms with Crippen molar-refractivity contribution in [2.75, 3.05) is 25.5 Å². The molecule has 0 saturated carbocycles. The molecule has 0 spiro atoms. The minimum absolute atomic E-state index is 0.158. The summed E-state index contributed by atoms with van der Waals surface area (Å²) in [7, 11) is 1.87. The van der Waals surface area contributed by atoms with E-state index < -0.39 is 0 Å². The highest BCUT2D eigenvalue weighted by Gasteiger charge is 2.06. The van der Waals surface area contributed by atoms with E-state index >= 15 is 0 Å². The fourth-order valence-corrected chi connectivity index (χ4v) is 1.61. The molecule has 0 aliphatic carbocycles. The van der Waals surface area contributed by atoms with Crippen LogP contribution in [0.2, 0.25) is 0 Å². The minimum Gasteiger partial charge on any atom is -0.381 e. The van der Waals surface area contributed by atoms with Gasteiger partial charge >= 0.3 is 0 Å². The zero-order chi connectivity index (χ0) is 12.0. The van der Waals surface area contributed by atoms with Gasteiger partial charge in [0, 0.05) is 13.1 Å². The van der Waals surface area contributed by atoms with Crippen LogP contribution in [0.15, 0.2) is 28.1 Å². The number of aromatic nitrogens is 2.